The van der Waals surface area contributed by atoms with Crippen molar-refractivity contribution in [1.82, 2.24) is 15.1 Å². The van der Waals surface area contributed by atoms with Crippen LogP contribution in [0.25, 0.3) is 0 Å². The zero-order valence-corrected chi connectivity index (χ0v) is 26.5. The summed E-state index contributed by atoms with van der Waals surface area (Å²) in [6, 6.07) is 7.43. The van der Waals surface area contributed by atoms with Gasteiger partial charge in [-0.2, -0.15) is 0 Å². The van der Waals surface area contributed by atoms with E-state index in [0.717, 1.165) is 0 Å². The molecule has 3 amide bonds. The molecule has 11 heteroatoms. The Bertz CT molecular complexity index is 1320. The SMILES string of the molecule is COC[C@@H]1NC(=O)CC/C=C\CN(C(C)(C)C)C(=O)[C@H]2N(CCCCO)C(=O)[C@@H]3[C@@H](C(=O)O[C@H]1c1ccccc1)[C@H]1C=C[C@]32O1. The van der Waals surface area contributed by atoms with Gasteiger partial charge in [0, 0.05) is 38.8 Å². The molecule has 11 nitrogen and oxygen atoms in total. The predicted octanol–water partition coefficient (Wildman–Crippen LogP) is 2.30. The first kappa shape index (κ1) is 32.8. The highest BCUT2D eigenvalue weighted by atomic mass is 16.6. The third kappa shape index (κ3) is 6.30. The minimum Gasteiger partial charge on any atom is -0.455 e. The molecule has 4 aliphatic rings. The fraction of sp³-hybridized carbons (Fsp3) is 0.588. The van der Waals surface area contributed by atoms with Gasteiger partial charge in [-0.25, -0.2) is 0 Å². The van der Waals surface area contributed by atoms with E-state index in [1.54, 1.807) is 22.0 Å². The number of carbonyl (C=O) groups is 4. The Morgan fingerprint density at radius 3 is 2.51 bits per heavy atom. The van der Waals surface area contributed by atoms with E-state index in [-0.39, 0.29) is 50.4 Å². The maximum Gasteiger partial charge on any atom is 0.313 e. The van der Waals surface area contributed by atoms with E-state index in [1.807, 2.05) is 63.3 Å². The van der Waals surface area contributed by atoms with Gasteiger partial charge in [-0.1, -0.05) is 54.6 Å². The summed E-state index contributed by atoms with van der Waals surface area (Å²) < 4.78 is 18.2. The first-order valence-electron chi connectivity index (χ1n) is 15.8. The van der Waals surface area contributed by atoms with E-state index in [0.29, 0.717) is 24.8 Å². The molecule has 2 fully saturated rings. The maximum atomic E-state index is 14.6. The summed E-state index contributed by atoms with van der Waals surface area (Å²) in [6.45, 7) is 6.33. The van der Waals surface area contributed by atoms with Crippen molar-refractivity contribution < 1.29 is 38.5 Å². The molecule has 1 aromatic rings. The lowest BCUT2D eigenvalue weighted by molar-refractivity contribution is -0.162. The van der Waals surface area contributed by atoms with Gasteiger partial charge in [-0.3, -0.25) is 19.2 Å². The molecular formula is C34H45N3O8. The van der Waals surface area contributed by atoms with Crippen molar-refractivity contribution in [3.8, 4) is 0 Å². The van der Waals surface area contributed by atoms with E-state index in [1.165, 1.54) is 7.11 Å². The highest BCUT2D eigenvalue weighted by Gasteiger charge is 2.73. The lowest BCUT2D eigenvalue weighted by atomic mass is 9.74. The normalized spacial score (nSPS) is 32.9. The van der Waals surface area contributed by atoms with E-state index in [9.17, 15) is 24.3 Å². The summed E-state index contributed by atoms with van der Waals surface area (Å²) in [5, 5.41) is 12.5. The Morgan fingerprint density at radius 2 is 1.82 bits per heavy atom. The van der Waals surface area contributed by atoms with Crippen LogP contribution in [0.2, 0.25) is 0 Å². The second kappa shape index (κ2) is 13.4. The summed E-state index contributed by atoms with van der Waals surface area (Å²) in [4.78, 5) is 59.5. The van der Waals surface area contributed by atoms with Crippen molar-refractivity contribution in [1.29, 1.82) is 0 Å². The molecule has 1 aromatic carbocycles. The van der Waals surface area contributed by atoms with Crippen molar-refractivity contribution in [3.05, 3.63) is 60.2 Å². The summed E-state index contributed by atoms with van der Waals surface area (Å²) in [7, 11) is 1.51. The third-order valence-electron chi connectivity index (χ3n) is 9.18. The highest BCUT2D eigenvalue weighted by Crippen LogP contribution is 2.56. The maximum absolute atomic E-state index is 14.6. The number of benzene rings is 1. The number of methoxy groups -OCH3 is 1. The summed E-state index contributed by atoms with van der Waals surface area (Å²) in [5.41, 5.74) is -1.28. The Labute approximate surface area is 264 Å². The largest absolute Gasteiger partial charge is 0.455 e. The topological polar surface area (TPSA) is 135 Å². The van der Waals surface area contributed by atoms with E-state index in [2.05, 4.69) is 5.32 Å². The van der Waals surface area contributed by atoms with Gasteiger partial charge < -0.3 is 34.4 Å². The van der Waals surface area contributed by atoms with Gasteiger partial charge in [0.2, 0.25) is 17.7 Å². The fourth-order valence-electron chi connectivity index (χ4n) is 7.10. The van der Waals surface area contributed by atoms with Gasteiger partial charge in [0.1, 0.15) is 23.7 Å². The summed E-state index contributed by atoms with van der Waals surface area (Å²) >= 11 is 0. The van der Waals surface area contributed by atoms with Gasteiger partial charge in [0.15, 0.2) is 0 Å². The molecule has 244 valence electrons. The number of hydrogen-bond acceptors (Lipinski definition) is 8. The van der Waals surface area contributed by atoms with Crippen LogP contribution in [0.5, 0.6) is 0 Å². The van der Waals surface area contributed by atoms with Crippen LogP contribution in [-0.2, 0) is 33.4 Å². The second-order valence-electron chi connectivity index (χ2n) is 13.2. The van der Waals surface area contributed by atoms with Gasteiger partial charge >= 0.3 is 5.97 Å². The highest BCUT2D eigenvalue weighted by molar-refractivity contribution is 5.99. The standard InChI is InChI=1S/C34H45N3O8/c1-33(2,3)37-19-10-6-9-15-25(39)35-23(21-43-4)28(22-13-7-5-8-14-22)44-32(42)26-24-16-17-34(45-24)27(26)30(40)36(18-11-12-20-38)29(34)31(37)41/h5-8,10,13-14,16-17,23-24,26-29,38H,9,11-12,15,18-21H2,1-4H3,(H,35,39)/b10-6-/t23-,24+,26-,27-,28-,29+,34-/m0/s1. The number of ether oxygens (including phenoxy) is 3. The number of aliphatic hydroxyl groups is 1. The predicted molar refractivity (Wildman–Crippen MR) is 164 cm³/mol. The van der Waals surface area contributed by atoms with Crippen LogP contribution >= 0.6 is 0 Å². The number of hydrogen-bond donors (Lipinski definition) is 2. The number of nitrogens with zero attached hydrogens (tertiary/aromatic N) is 2. The fourth-order valence-corrected chi connectivity index (χ4v) is 7.10. The minimum atomic E-state index is -1.34. The Kier molecular flexibility index (Phi) is 9.81. The molecular weight excluding hydrogens is 578 g/mol. The average Bonchev–Trinajstić information content (AvgIpc) is 3.64. The number of fused-ring (bicyclic) bond motifs is 2. The number of amides is 3. The number of aliphatic hydroxyl groups excluding tert-OH is 1. The third-order valence-corrected chi connectivity index (χ3v) is 9.18. The lowest BCUT2D eigenvalue weighted by Gasteiger charge is -2.41. The zero-order chi connectivity index (χ0) is 32.4. The van der Waals surface area contributed by atoms with Crippen LogP contribution in [0.3, 0.4) is 0 Å². The molecule has 0 radical (unpaired) electrons. The molecule has 0 aliphatic carbocycles. The molecule has 4 aliphatic heterocycles. The van der Waals surface area contributed by atoms with Crippen LogP contribution in [-0.4, -0.2) is 101 Å². The molecule has 5 bridgehead atoms. The van der Waals surface area contributed by atoms with Crippen LogP contribution < -0.4 is 5.32 Å². The van der Waals surface area contributed by atoms with E-state index < -0.39 is 53.2 Å². The quantitative estimate of drug-likeness (QED) is 0.269. The van der Waals surface area contributed by atoms with Crippen molar-refractivity contribution in [2.45, 2.75) is 81.9 Å². The van der Waals surface area contributed by atoms with Crippen molar-refractivity contribution in [2.24, 2.45) is 11.8 Å². The van der Waals surface area contributed by atoms with Gasteiger partial charge in [0.25, 0.3) is 0 Å². The molecule has 0 saturated carbocycles. The molecule has 5 rings (SSSR count). The molecule has 7 atom stereocenters. The number of esters is 1. The molecule has 0 aromatic heterocycles. The van der Waals surface area contributed by atoms with E-state index in [4.69, 9.17) is 14.2 Å². The number of cyclic esters (lactones) is 1. The number of allylic oxidation sites excluding steroid dienone is 1. The Balaban J connectivity index is 1.60. The van der Waals surface area contributed by atoms with Crippen molar-refractivity contribution in [3.63, 3.8) is 0 Å². The molecule has 1 spiro atoms. The first-order chi connectivity index (χ1) is 21.5. The molecule has 4 heterocycles. The first-order valence-corrected chi connectivity index (χ1v) is 15.8. The number of rotatable bonds is 7. The van der Waals surface area contributed by atoms with Crippen molar-refractivity contribution in [2.75, 3.05) is 33.4 Å². The van der Waals surface area contributed by atoms with Crippen LogP contribution in [0.15, 0.2) is 54.6 Å². The monoisotopic (exact) mass is 623 g/mol. The lowest BCUT2D eigenvalue weighted by Crippen LogP contribution is -2.59. The van der Waals surface area contributed by atoms with Gasteiger partial charge in [-0.15, -0.1) is 0 Å². The number of nitrogens with one attached hydrogen (secondary N) is 1. The van der Waals surface area contributed by atoms with Crippen LogP contribution in [0, 0.1) is 11.8 Å². The molecule has 0 unspecified atom stereocenters. The Hall–Kier alpha value is -3.54. The van der Waals surface area contributed by atoms with Crippen LogP contribution in [0.4, 0.5) is 0 Å². The van der Waals surface area contributed by atoms with Crippen molar-refractivity contribution >= 4 is 23.7 Å². The minimum absolute atomic E-state index is 0.0401. The summed E-state index contributed by atoms with van der Waals surface area (Å²) in [5.74, 6) is -3.47. The second-order valence-corrected chi connectivity index (χ2v) is 13.2. The Morgan fingerprint density at radius 1 is 1.07 bits per heavy atom. The number of unbranched alkanes of at least 4 members (excludes halogenated alkanes) is 1. The average molecular weight is 624 g/mol. The van der Waals surface area contributed by atoms with Crippen LogP contribution in [0.1, 0.15) is 58.1 Å². The molecule has 2 saturated heterocycles. The molecule has 45 heavy (non-hydrogen) atoms. The van der Waals surface area contributed by atoms with E-state index >= 15 is 0 Å². The van der Waals surface area contributed by atoms with Gasteiger partial charge in [-0.05, 0) is 45.6 Å². The smallest absolute Gasteiger partial charge is 0.313 e. The van der Waals surface area contributed by atoms with Gasteiger partial charge in [0.05, 0.1) is 24.7 Å². The molecule has 2 N–H and O–H groups in total. The number of likely N-dealkylation sites (tertiary alicyclic amines) is 1. The summed E-state index contributed by atoms with van der Waals surface area (Å²) in [6.07, 6.45) is 7.20. The number of carbonyl (C=O) groups excluding carboxylic acids is 4. The zero-order valence-electron chi connectivity index (χ0n) is 26.5.